The molecular formula is C28H30N4O6. The predicted octanol–water partition coefficient (Wildman–Crippen LogP) is 3.53. The fourth-order valence-corrected chi connectivity index (χ4v) is 4.02. The molecule has 3 aromatic carbocycles. The molecule has 0 radical (unpaired) electrons. The first-order valence-corrected chi connectivity index (χ1v) is 12.0. The summed E-state index contributed by atoms with van der Waals surface area (Å²) in [6.07, 6.45) is 0.106. The number of ether oxygens (including phenoxy) is 3. The van der Waals surface area contributed by atoms with Crippen LogP contribution in [-0.2, 0) is 14.4 Å². The highest BCUT2D eigenvalue weighted by molar-refractivity contribution is 6.00. The van der Waals surface area contributed by atoms with Gasteiger partial charge in [0.2, 0.25) is 11.8 Å². The van der Waals surface area contributed by atoms with Gasteiger partial charge in [-0.3, -0.25) is 25.2 Å². The normalized spacial score (nSPS) is 14.6. The molecule has 1 heterocycles. The van der Waals surface area contributed by atoms with Crippen molar-refractivity contribution in [3.63, 3.8) is 0 Å². The number of hydrogen-bond acceptors (Lipinski definition) is 7. The number of aryl methyl sites for hydroxylation is 1. The Hall–Kier alpha value is -4.73. The molecule has 3 aromatic rings. The van der Waals surface area contributed by atoms with Crippen LogP contribution in [0.5, 0.6) is 17.2 Å². The van der Waals surface area contributed by atoms with Crippen molar-refractivity contribution in [3.8, 4) is 17.2 Å². The van der Waals surface area contributed by atoms with Crippen molar-refractivity contribution in [1.29, 1.82) is 0 Å². The minimum Gasteiger partial charge on any atom is -0.497 e. The maximum atomic E-state index is 12.9. The van der Waals surface area contributed by atoms with Crippen molar-refractivity contribution in [2.45, 2.75) is 13.3 Å². The number of methoxy groups -OCH3 is 2. The first-order valence-electron chi connectivity index (χ1n) is 12.0. The van der Waals surface area contributed by atoms with Crippen molar-refractivity contribution in [3.05, 3.63) is 72.3 Å². The highest BCUT2D eigenvalue weighted by Gasteiger charge is 2.35. The lowest BCUT2D eigenvalue weighted by molar-refractivity contribution is -0.125. The van der Waals surface area contributed by atoms with Crippen LogP contribution in [-0.4, -0.2) is 45.1 Å². The number of hydrazine groups is 1. The highest BCUT2D eigenvalue weighted by Crippen LogP contribution is 2.35. The molecule has 38 heavy (non-hydrogen) atoms. The summed E-state index contributed by atoms with van der Waals surface area (Å²) < 4.78 is 16.3. The van der Waals surface area contributed by atoms with Crippen molar-refractivity contribution in [2.24, 2.45) is 5.92 Å². The van der Waals surface area contributed by atoms with Crippen molar-refractivity contribution in [1.82, 2.24) is 5.43 Å². The molecule has 10 heteroatoms. The predicted molar refractivity (Wildman–Crippen MR) is 144 cm³/mol. The van der Waals surface area contributed by atoms with E-state index in [1.807, 2.05) is 31.2 Å². The fraction of sp³-hybridized carbons (Fsp3) is 0.250. The number of rotatable bonds is 10. The lowest BCUT2D eigenvalue weighted by Gasteiger charge is -2.18. The molecule has 3 N–H and O–H groups in total. The number of para-hydroxylation sites is 1. The Kier molecular flexibility index (Phi) is 8.32. The minimum absolute atomic E-state index is 0.106. The van der Waals surface area contributed by atoms with Gasteiger partial charge < -0.3 is 24.4 Å². The Morgan fingerprint density at radius 2 is 1.71 bits per heavy atom. The number of carbonyl (C=O) groups excluding carboxylic acids is 3. The highest BCUT2D eigenvalue weighted by atomic mass is 16.5. The number of anilines is 3. The van der Waals surface area contributed by atoms with E-state index >= 15 is 0 Å². The Balaban J connectivity index is 1.36. The van der Waals surface area contributed by atoms with Gasteiger partial charge in [0.15, 0.2) is 18.1 Å². The van der Waals surface area contributed by atoms with Crippen LogP contribution in [0.1, 0.15) is 12.0 Å². The first-order chi connectivity index (χ1) is 18.4. The molecule has 1 aliphatic heterocycles. The van der Waals surface area contributed by atoms with Gasteiger partial charge in [-0.15, -0.1) is 0 Å². The molecule has 0 unspecified atom stereocenters. The van der Waals surface area contributed by atoms with Crippen molar-refractivity contribution < 1.29 is 28.6 Å². The van der Waals surface area contributed by atoms with E-state index in [1.54, 1.807) is 54.5 Å². The summed E-state index contributed by atoms with van der Waals surface area (Å²) in [7, 11) is 3.04. The number of benzene rings is 3. The van der Waals surface area contributed by atoms with Crippen LogP contribution in [0, 0.1) is 12.8 Å². The Bertz CT molecular complexity index is 1290. The fourth-order valence-electron chi connectivity index (χ4n) is 4.02. The van der Waals surface area contributed by atoms with Gasteiger partial charge in [-0.2, -0.15) is 0 Å². The smallest absolute Gasteiger partial charge is 0.262 e. The number of nitrogens with one attached hydrogen (secondary N) is 3. The summed E-state index contributed by atoms with van der Waals surface area (Å²) in [5, 5.41) is 2.75. The SMILES string of the molecule is COc1ccc(NC(=O)COc2c(NNC(=O)[C@@H]3CC(=O)N(c4ccc(C)cc4)C3)cccc2OC)cc1. The average molecular weight is 519 g/mol. The van der Waals surface area contributed by atoms with E-state index in [1.165, 1.54) is 7.11 Å². The summed E-state index contributed by atoms with van der Waals surface area (Å²) >= 11 is 0. The third-order valence-electron chi connectivity index (χ3n) is 6.08. The number of hydrogen-bond donors (Lipinski definition) is 3. The molecule has 0 bridgehead atoms. The van der Waals surface area contributed by atoms with Crippen LogP contribution in [0.2, 0.25) is 0 Å². The zero-order chi connectivity index (χ0) is 27.1. The number of amides is 3. The summed E-state index contributed by atoms with van der Waals surface area (Å²) in [5.74, 6) is -0.0394. The average Bonchev–Trinajstić information content (AvgIpc) is 3.33. The summed E-state index contributed by atoms with van der Waals surface area (Å²) in [6.45, 7) is 1.96. The lowest BCUT2D eigenvalue weighted by atomic mass is 10.1. The zero-order valence-electron chi connectivity index (χ0n) is 21.4. The van der Waals surface area contributed by atoms with Gasteiger partial charge in [-0.05, 0) is 55.5 Å². The Morgan fingerprint density at radius 1 is 0.974 bits per heavy atom. The van der Waals surface area contributed by atoms with Gasteiger partial charge in [0.05, 0.1) is 25.8 Å². The van der Waals surface area contributed by atoms with Crippen LogP contribution in [0.15, 0.2) is 66.7 Å². The summed E-state index contributed by atoms with van der Waals surface area (Å²) in [5.41, 5.74) is 8.35. The molecule has 1 saturated heterocycles. The van der Waals surface area contributed by atoms with Gasteiger partial charge in [0, 0.05) is 24.3 Å². The molecule has 198 valence electrons. The molecule has 0 saturated carbocycles. The van der Waals surface area contributed by atoms with E-state index in [4.69, 9.17) is 14.2 Å². The van der Waals surface area contributed by atoms with Gasteiger partial charge in [-0.1, -0.05) is 23.8 Å². The van der Waals surface area contributed by atoms with Crippen molar-refractivity contribution in [2.75, 3.05) is 43.0 Å². The Morgan fingerprint density at radius 3 is 2.39 bits per heavy atom. The van der Waals surface area contributed by atoms with E-state index in [9.17, 15) is 14.4 Å². The molecule has 1 atom stereocenters. The second kappa shape index (κ2) is 12.0. The molecule has 1 aliphatic rings. The van der Waals surface area contributed by atoms with E-state index in [-0.39, 0.29) is 43.0 Å². The topological polar surface area (TPSA) is 118 Å². The number of nitrogens with zero attached hydrogens (tertiary/aromatic N) is 1. The largest absolute Gasteiger partial charge is 0.497 e. The van der Waals surface area contributed by atoms with Gasteiger partial charge in [0.1, 0.15) is 5.75 Å². The van der Waals surface area contributed by atoms with Crippen LogP contribution in [0.3, 0.4) is 0 Å². The summed E-state index contributed by atoms with van der Waals surface area (Å²) in [4.78, 5) is 39.5. The van der Waals surface area contributed by atoms with Gasteiger partial charge in [0.25, 0.3) is 5.91 Å². The molecule has 4 rings (SSSR count). The second-order valence-corrected chi connectivity index (χ2v) is 8.76. The maximum absolute atomic E-state index is 12.9. The van der Waals surface area contributed by atoms with Crippen LogP contribution in [0.4, 0.5) is 17.1 Å². The molecule has 10 nitrogen and oxygen atoms in total. The van der Waals surface area contributed by atoms with E-state index < -0.39 is 5.92 Å². The Labute approximate surface area is 220 Å². The summed E-state index contributed by atoms with van der Waals surface area (Å²) in [6, 6.07) is 19.6. The number of carbonyl (C=O) groups is 3. The van der Waals surface area contributed by atoms with Gasteiger partial charge in [-0.25, -0.2) is 0 Å². The molecule has 1 fully saturated rings. The van der Waals surface area contributed by atoms with Gasteiger partial charge >= 0.3 is 0 Å². The molecule has 3 amide bonds. The quantitative estimate of drug-likeness (QED) is 0.352. The lowest BCUT2D eigenvalue weighted by Crippen LogP contribution is -2.36. The van der Waals surface area contributed by atoms with Crippen molar-refractivity contribution >= 4 is 34.8 Å². The first kappa shape index (κ1) is 26.3. The third kappa shape index (κ3) is 6.33. The van der Waals surface area contributed by atoms with E-state index in [2.05, 4.69) is 16.2 Å². The zero-order valence-corrected chi connectivity index (χ0v) is 21.4. The third-order valence-corrected chi connectivity index (χ3v) is 6.08. The minimum atomic E-state index is -0.526. The molecule has 0 aliphatic carbocycles. The second-order valence-electron chi connectivity index (χ2n) is 8.76. The molecule has 0 spiro atoms. The maximum Gasteiger partial charge on any atom is 0.262 e. The van der Waals surface area contributed by atoms with Crippen LogP contribution in [0.25, 0.3) is 0 Å². The monoisotopic (exact) mass is 518 g/mol. The van der Waals surface area contributed by atoms with E-state index in [0.717, 1.165) is 11.3 Å². The standard InChI is InChI=1S/C28H30N4O6/c1-18-7-11-21(12-8-18)32-16-19(15-26(32)34)28(35)31-30-23-5-4-6-24(37-3)27(23)38-17-25(33)29-20-9-13-22(36-2)14-10-20/h4-14,19,30H,15-17H2,1-3H3,(H,29,33)(H,31,35)/t19-/m1/s1. The van der Waals surface area contributed by atoms with Crippen LogP contribution < -0.4 is 35.3 Å². The molecule has 0 aromatic heterocycles. The molecular weight excluding hydrogens is 488 g/mol. The van der Waals surface area contributed by atoms with E-state index in [0.29, 0.717) is 22.9 Å². The van der Waals surface area contributed by atoms with Crippen LogP contribution >= 0.6 is 0 Å².